The second-order valence-electron chi connectivity index (χ2n) is 9.04. The zero-order valence-electron chi connectivity index (χ0n) is 18.7. The van der Waals surface area contributed by atoms with Crippen LogP contribution >= 0.6 is 0 Å². The summed E-state index contributed by atoms with van der Waals surface area (Å²) in [6.45, 7) is 4.44. The van der Waals surface area contributed by atoms with E-state index in [0.717, 1.165) is 18.1 Å². The molecule has 0 saturated heterocycles. The number of aryl methyl sites for hydroxylation is 1. The first-order valence-corrected chi connectivity index (χ1v) is 12.1. The van der Waals surface area contributed by atoms with Crippen LogP contribution in [0.15, 0.2) is 48.5 Å². The molecule has 0 aromatic heterocycles. The van der Waals surface area contributed by atoms with Gasteiger partial charge in [0.15, 0.2) is 0 Å². The first kappa shape index (κ1) is 21.9. The number of hydrogen-bond donors (Lipinski definition) is 0. The minimum atomic E-state index is 0.293. The summed E-state index contributed by atoms with van der Waals surface area (Å²) in [6, 6.07) is 17.8. The van der Waals surface area contributed by atoms with Crippen LogP contribution in [0.3, 0.4) is 0 Å². The first-order valence-electron chi connectivity index (χ1n) is 12.1. The van der Waals surface area contributed by atoms with Crippen LogP contribution in [0.2, 0.25) is 0 Å². The minimum Gasteiger partial charge on any atom is -0.491 e. The SMILES string of the molecule is CCCCCCC(C)Oc1ccc(-c2ccc(CCC3CCCCC3)cc2)cc1. The molecule has 2 aromatic rings. The van der Waals surface area contributed by atoms with Crippen LogP contribution in [0.25, 0.3) is 11.1 Å². The van der Waals surface area contributed by atoms with Crippen LogP contribution in [0.5, 0.6) is 5.75 Å². The lowest BCUT2D eigenvalue weighted by atomic mass is 9.85. The molecular formula is C28H40O. The summed E-state index contributed by atoms with van der Waals surface area (Å²) in [7, 11) is 0. The molecular weight excluding hydrogens is 352 g/mol. The zero-order valence-corrected chi connectivity index (χ0v) is 18.7. The lowest BCUT2D eigenvalue weighted by molar-refractivity contribution is 0.206. The smallest absolute Gasteiger partial charge is 0.119 e. The Labute approximate surface area is 178 Å². The topological polar surface area (TPSA) is 9.23 Å². The van der Waals surface area contributed by atoms with E-state index in [0.29, 0.717) is 6.10 Å². The molecule has 1 heteroatoms. The van der Waals surface area contributed by atoms with Crippen molar-refractivity contribution in [3.63, 3.8) is 0 Å². The summed E-state index contributed by atoms with van der Waals surface area (Å²) in [5, 5.41) is 0. The van der Waals surface area contributed by atoms with Crippen molar-refractivity contribution in [2.45, 2.75) is 97.0 Å². The second kappa shape index (κ2) is 12.1. The molecule has 3 rings (SSSR count). The number of benzene rings is 2. The van der Waals surface area contributed by atoms with E-state index in [1.165, 1.54) is 87.3 Å². The zero-order chi connectivity index (χ0) is 20.3. The van der Waals surface area contributed by atoms with Gasteiger partial charge in [0, 0.05) is 0 Å². The molecule has 0 radical (unpaired) electrons. The maximum absolute atomic E-state index is 6.09. The Bertz CT molecular complexity index is 679. The molecule has 1 aliphatic rings. The number of ether oxygens (including phenoxy) is 1. The van der Waals surface area contributed by atoms with Crippen LogP contribution < -0.4 is 4.74 Å². The fourth-order valence-corrected chi connectivity index (χ4v) is 4.59. The van der Waals surface area contributed by atoms with E-state index >= 15 is 0 Å². The van der Waals surface area contributed by atoms with Gasteiger partial charge in [-0.05, 0) is 67.3 Å². The standard InChI is InChI=1S/C28H40O/c1-3-4-5-7-10-23(2)29-28-21-19-27(20-22-28)26-17-15-25(16-18-26)14-13-24-11-8-6-9-12-24/h15-24H,3-14H2,1-2H3. The van der Waals surface area contributed by atoms with Gasteiger partial charge in [-0.2, -0.15) is 0 Å². The van der Waals surface area contributed by atoms with Gasteiger partial charge >= 0.3 is 0 Å². The Morgan fingerprint density at radius 3 is 2.14 bits per heavy atom. The Balaban J connectivity index is 1.46. The van der Waals surface area contributed by atoms with Gasteiger partial charge in [-0.15, -0.1) is 0 Å². The fourth-order valence-electron chi connectivity index (χ4n) is 4.59. The highest BCUT2D eigenvalue weighted by atomic mass is 16.5. The Kier molecular flexibility index (Phi) is 9.12. The van der Waals surface area contributed by atoms with Crippen LogP contribution in [-0.4, -0.2) is 6.10 Å². The molecule has 0 N–H and O–H groups in total. The highest BCUT2D eigenvalue weighted by Gasteiger charge is 2.13. The molecule has 1 saturated carbocycles. The molecule has 1 atom stereocenters. The maximum atomic E-state index is 6.09. The van der Waals surface area contributed by atoms with Gasteiger partial charge in [0.1, 0.15) is 5.75 Å². The summed E-state index contributed by atoms with van der Waals surface area (Å²) in [6.07, 6.45) is 16.5. The minimum absolute atomic E-state index is 0.293. The van der Waals surface area contributed by atoms with Crippen molar-refractivity contribution in [1.82, 2.24) is 0 Å². The number of rotatable bonds is 11. The average molecular weight is 393 g/mol. The molecule has 1 nitrogen and oxygen atoms in total. The van der Waals surface area contributed by atoms with Gasteiger partial charge < -0.3 is 4.74 Å². The highest BCUT2D eigenvalue weighted by molar-refractivity contribution is 5.64. The Hall–Kier alpha value is -1.76. The van der Waals surface area contributed by atoms with Crippen molar-refractivity contribution in [3.05, 3.63) is 54.1 Å². The fraction of sp³-hybridized carbons (Fsp3) is 0.571. The van der Waals surface area contributed by atoms with E-state index in [4.69, 9.17) is 4.74 Å². The van der Waals surface area contributed by atoms with Gasteiger partial charge in [-0.3, -0.25) is 0 Å². The maximum Gasteiger partial charge on any atom is 0.119 e. The van der Waals surface area contributed by atoms with Crippen molar-refractivity contribution < 1.29 is 4.74 Å². The van der Waals surface area contributed by atoms with Crippen LogP contribution in [0.1, 0.15) is 90.0 Å². The lowest BCUT2D eigenvalue weighted by Crippen LogP contribution is -2.11. The van der Waals surface area contributed by atoms with E-state index in [9.17, 15) is 0 Å². The molecule has 158 valence electrons. The summed E-state index contributed by atoms with van der Waals surface area (Å²) in [4.78, 5) is 0. The first-order chi connectivity index (χ1) is 14.2. The summed E-state index contributed by atoms with van der Waals surface area (Å²) < 4.78 is 6.09. The third kappa shape index (κ3) is 7.53. The third-order valence-corrected chi connectivity index (χ3v) is 6.51. The summed E-state index contributed by atoms with van der Waals surface area (Å²) >= 11 is 0. The van der Waals surface area contributed by atoms with Gasteiger partial charge in [-0.25, -0.2) is 0 Å². The summed E-state index contributed by atoms with van der Waals surface area (Å²) in [5.74, 6) is 1.95. The monoisotopic (exact) mass is 392 g/mol. The molecule has 0 aliphatic heterocycles. The molecule has 0 heterocycles. The van der Waals surface area contributed by atoms with Gasteiger partial charge in [0.2, 0.25) is 0 Å². The quantitative estimate of drug-likeness (QED) is 0.348. The summed E-state index contributed by atoms with van der Waals surface area (Å²) in [5.41, 5.74) is 4.05. The van der Waals surface area contributed by atoms with Crippen molar-refractivity contribution >= 4 is 0 Å². The Morgan fingerprint density at radius 2 is 1.48 bits per heavy atom. The Morgan fingerprint density at radius 1 is 0.828 bits per heavy atom. The van der Waals surface area contributed by atoms with Crippen LogP contribution in [0, 0.1) is 5.92 Å². The number of hydrogen-bond acceptors (Lipinski definition) is 1. The van der Waals surface area contributed by atoms with Crippen molar-refractivity contribution in [1.29, 1.82) is 0 Å². The van der Waals surface area contributed by atoms with Gasteiger partial charge in [-0.1, -0.05) is 94.7 Å². The third-order valence-electron chi connectivity index (χ3n) is 6.51. The molecule has 29 heavy (non-hydrogen) atoms. The van der Waals surface area contributed by atoms with Crippen molar-refractivity contribution in [2.75, 3.05) is 0 Å². The van der Waals surface area contributed by atoms with E-state index in [1.807, 2.05) is 0 Å². The van der Waals surface area contributed by atoms with E-state index < -0.39 is 0 Å². The predicted octanol–water partition coefficient (Wildman–Crippen LogP) is 8.60. The van der Waals surface area contributed by atoms with Gasteiger partial charge in [0.25, 0.3) is 0 Å². The molecule has 2 aromatic carbocycles. The van der Waals surface area contributed by atoms with Crippen LogP contribution in [0.4, 0.5) is 0 Å². The average Bonchev–Trinajstić information content (AvgIpc) is 2.77. The van der Waals surface area contributed by atoms with E-state index in [2.05, 4.69) is 62.4 Å². The van der Waals surface area contributed by atoms with Crippen LogP contribution in [-0.2, 0) is 6.42 Å². The predicted molar refractivity (Wildman–Crippen MR) is 126 cm³/mol. The molecule has 0 bridgehead atoms. The molecule has 1 unspecified atom stereocenters. The normalized spacial score (nSPS) is 15.9. The van der Waals surface area contributed by atoms with E-state index in [-0.39, 0.29) is 0 Å². The highest BCUT2D eigenvalue weighted by Crippen LogP contribution is 2.28. The van der Waals surface area contributed by atoms with Crippen molar-refractivity contribution in [3.8, 4) is 16.9 Å². The van der Waals surface area contributed by atoms with Gasteiger partial charge in [0.05, 0.1) is 6.10 Å². The number of unbranched alkanes of at least 4 members (excludes halogenated alkanes) is 3. The van der Waals surface area contributed by atoms with Crippen molar-refractivity contribution in [2.24, 2.45) is 5.92 Å². The molecule has 1 fully saturated rings. The molecule has 0 spiro atoms. The second-order valence-corrected chi connectivity index (χ2v) is 9.04. The molecule has 0 amide bonds. The van der Waals surface area contributed by atoms with E-state index in [1.54, 1.807) is 0 Å². The molecule has 1 aliphatic carbocycles. The lowest BCUT2D eigenvalue weighted by Gasteiger charge is -2.21. The largest absolute Gasteiger partial charge is 0.491 e.